The zero-order valence-electron chi connectivity index (χ0n) is 30.9. The van der Waals surface area contributed by atoms with E-state index in [1.165, 1.54) is 24.6 Å². The molecular weight excluding hydrogens is 671 g/mol. The van der Waals surface area contributed by atoms with E-state index in [-0.39, 0.29) is 22.1 Å². The van der Waals surface area contributed by atoms with Gasteiger partial charge in [0.15, 0.2) is 8.32 Å². The Bertz CT molecular complexity index is 2260. The Labute approximate surface area is 305 Å². The van der Waals surface area contributed by atoms with Crippen LogP contribution in [0, 0.1) is 0 Å². The summed E-state index contributed by atoms with van der Waals surface area (Å²) < 4.78 is 15.5. The van der Waals surface area contributed by atoms with Gasteiger partial charge in [-0.1, -0.05) is 45.0 Å². The number of pyridine rings is 3. The predicted octanol–water partition coefficient (Wildman–Crippen LogP) is 7.37. The Morgan fingerprint density at radius 3 is 2.46 bits per heavy atom. The van der Waals surface area contributed by atoms with Gasteiger partial charge in [-0.05, 0) is 89.8 Å². The number of nitrogens with zero attached hydrogens (tertiary/aromatic N) is 4. The van der Waals surface area contributed by atoms with Gasteiger partial charge in [0.2, 0.25) is 0 Å². The highest BCUT2D eigenvalue weighted by atomic mass is 28.4. The highest BCUT2D eigenvalue weighted by molar-refractivity contribution is 6.74. The summed E-state index contributed by atoms with van der Waals surface area (Å²) in [5, 5.41) is 4.78. The number of morpholine rings is 1. The van der Waals surface area contributed by atoms with E-state index in [2.05, 4.69) is 56.3 Å². The summed E-state index contributed by atoms with van der Waals surface area (Å²) in [4.78, 5) is 46.8. The standard InChI is InChI=1S/C41H47N5O5Si/c1-41(2,3)52(5,6)51-26-34-32(8-7-9-36(34)46-17-16-29-22-28(27-10-11-27)12-14-33(29)39(46)48)31-23-35(40(49)44(4)25-31)43-37-15-13-30(24-42-37)38(47)45-18-20-50-21-19-45/h7-9,12-17,22-25,27H,10-11,18-21,26H2,1-6H3,(H,42,43). The van der Waals surface area contributed by atoms with E-state index in [0.29, 0.717) is 61.3 Å². The molecule has 1 aliphatic heterocycles. The molecule has 2 aromatic carbocycles. The van der Waals surface area contributed by atoms with E-state index < -0.39 is 8.32 Å². The van der Waals surface area contributed by atoms with Crippen molar-refractivity contribution in [3.8, 4) is 16.8 Å². The van der Waals surface area contributed by atoms with E-state index in [1.54, 1.807) is 33.2 Å². The number of aromatic nitrogens is 3. The molecule has 2 aliphatic rings. The molecule has 1 N–H and O–H groups in total. The summed E-state index contributed by atoms with van der Waals surface area (Å²) in [7, 11) is -0.490. The molecule has 0 atom stereocenters. The molecule has 0 unspecified atom stereocenters. The minimum absolute atomic E-state index is 0.0236. The number of rotatable bonds is 9. The molecule has 10 nitrogen and oxygen atoms in total. The van der Waals surface area contributed by atoms with Crippen LogP contribution < -0.4 is 16.4 Å². The van der Waals surface area contributed by atoms with Crippen molar-refractivity contribution in [1.29, 1.82) is 0 Å². The highest BCUT2D eigenvalue weighted by Crippen LogP contribution is 2.41. The quantitative estimate of drug-likeness (QED) is 0.159. The first kappa shape index (κ1) is 35.6. The Hall–Kier alpha value is -4.84. The molecule has 2 fully saturated rings. The lowest BCUT2D eigenvalue weighted by Crippen LogP contribution is -2.40. The van der Waals surface area contributed by atoms with Crippen LogP contribution in [0.5, 0.6) is 0 Å². The first-order chi connectivity index (χ1) is 24.8. The van der Waals surface area contributed by atoms with Crippen LogP contribution in [0.15, 0.2) is 88.8 Å². The molecule has 11 heteroatoms. The van der Waals surface area contributed by atoms with Crippen molar-refractivity contribution in [3.63, 3.8) is 0 Å². The molecule has 7 rings (SSSR count). The van der Waals surface area contributed by atoms with Crippen molar-refractivity contribution < 1.29 is 14.0 Å². The smallest absolute Gasteiger partial charge is 0.274 e. The SMILES string of the molecule is Cn1cc(-c2cccc(-n3ccc4cc(C5CC5)ccc4c3=O)c2CO[Si](C)(C)C(C)(C)C)cc(Nc2ccc(C(=O)N3CCOCC3)cn2)c1=O. The number of carbonyl (C=O) groups excluding carboxylic acids is 1. The Kier molecular flexibility index (Phi) is 9.53. The first-order valence-corrected chi connectivity index (χ1v) is 20.9. The zero-order chi connectivity index (χ0) is 36.8. The molecule has 5 aromatic rings. The van der Waals surface area contributed by atoms with Crippen molar-refractivity contribution in [2.45, 2.75) is 64.3 Å². The second-order valence-electron chi connectivity index (χ2n) is 15.5. The summed E-state index contributed by atoms with van der Waals surface area (Å²) in [6.07, 6.45) is 7.61. The third-order valence-electron chi connectivity index (χ3n) is 10.8. The second kappa shape index (κ2) is 13.9. The van der Waals surface area contributed by atoms with Crippen LogP contribution in [0.3, 0.4) is 0 Å². The van der Waals surface area contributed by atoms with Gasteiger partial charge in [-0.15, -0.1) is 0 Å². The van der Waals surface area contributed by atoms with Crippen LogP contribution in [0.1, 0.15) is 61.0 Å². The fourth-order valence-corrected chi connectivity index (χ4v) is 7.39. The van der Waals surface area contributed by atoms with Crippen LogP contribution in [0.4, 0.5) is 11.5 Å². The topological polar surface area (TPSA) is 108 Å². The van der Waals surface area contributed by atoms with Crippen molar-refractivity contribution in [1.82, 2.24) is 19.0 Å². The maximum absolute atomic E-state index is 14.1. The van der Waals surface area contributed by atoms with Gasteiger partial charge in [0.1, 0.15) is 11.5 Å². The highest BCUT2D eigenvalue weighted by Gasteiger charge is 2.37. The molecule has 1 aliphatic carbocycles. The van der Waals surface area contributed by atoms with E-state index in [1.807, 2.05) is 48.8 Å². The van der Waals surface area contributed by atoms with Gasteiger partial charge >= 0.3 is 0 Å². The van der Waals surface area contributed by atoms with E-state index in [4.69, 9.17) is 9.16 Å². The minimum Gasteiger partial charge on any atom is -0.412 e. The Balaban J connectivity index is 1.27. The monoisotopic (exact) mass is 717 g/mol. The van der Waals surface area contributed by atoms with Crippen LogP contribution in [0.2, 0.25) is 18.1 Å². The number of anilines is 2. The molecule has 0 bridgehead atoms. The van der Waals surface area contributed by atoms with Gasteiger partial charge < -0.3 is 23.9 Å². The normalized spacial score (nSPS) is 15.2. The minimum atomic E-state index is -2.21. The lowest BCUT2D eigenvalue weighted by Gasteiger charge is -2.36. The summed E-state index contributed by atoms with van der Waals surface area (Å²) in [5.74, 6) is 0.945. The van der Waals surface area contributed by atoms with Gasteiger partial charge in [0.25, 0.3) is 17.0 Å². The first-order valence-electron chi connectivity index (χ1n) is 18.0. The van der Waals surface area contributed by atoms with Crippen molar-refractivity contribution >= 4 is 36.5 Å². The number of hydrogen-bond donors (Lipinski definition) is 1. The molecule has 52 heavy (non-hydrogen) atoms. The zero-order valence-corrected chi connectivity index (χ0v) is 31.9. The van der Waals surface area contributed by atoms with E-state index >= 15 is 0 Å². The molecule has 0 spiro atoms. The molecule has 270 valence electrons. The molecular formula is C41H47N5O5Si. The molecule has 1 amide bonds. The average Bonchev–Trinajstić information content (AvgIpc) is 3.99. The lowest BCUT2D eigenvalue weighted by molar-refractivity contribution is 0.0302. The number of benzene rings is 2. The number of nitrogens with one attached hydrogen (secondary N) is 1. The van der Waals surface area contributed by atoms with Gasteiger partial charge in [-0.3, -0.25) is 19.0 Å². The van der Waals surface area contributed by atoms with Crippen molar-refractivity contribution in [2.75, 3.05) is 31.6 Å². The Morgan fingerprint density at radius 2 is 1.77 bits per heavy atom. The van der Waals surface area contributed by atoms with Gasteiger partial charge in [-0.25, -0.2) is 4.98 Å². The summed E-state index contributed by atoms with van der Waals surface area (Å²) in [6, 6.07) is 19.4. The molecule has 1 saturated heterocycles. The second-order valence-corrected chi connectivity index (χ2v) is 20.3. The summed E-state index contributed by atoms with van der Waals surface area (Å²) >= 11 is 0. The maximum atomic E-state index is 14.1. The van der Waals surface area contributed by atoms with Crippen LogP contribution in [-0.2, 0) is 22.8 Å². The fourth-order valence-electron chi connectivity index (χ4n) is 6.45. The average molecular weight is 718 g/mol. The van der Waals surface area contributed by atoms with Crippen LogP contribution in [-0.4, -0.2) is 59.5 Å². The van der Waals surface area contributed by atoms with Gasteiger partial charge in [0.05, 0.1) is 31.1 Å². The van der Waals surface area contributed by atoms with E-state index in [9.17, 15) is 14.4 Å². The summed E-state index contributed by atoms with van der Waals surface area (Å²) in [5.41, 5.74) is 5.01. The van der Waals surface area contributed by atoms with Crippen molar-refractivity contribution in [2.24, 2.45) is 7.05 Å². The number of ether oxygens (including phenoxy) is 1. The lowest BCUT2D eigenvalue weighted by atomic mass is 9.98. The number of hydrogen-bond acceptors (Lipinski definition) is 7. The number of aryl methyl sites for hydroxylation is 1. The fraction of sp³-hybridized carbons (Fsp3) is 0.366. The summed E-state index contributed by atoms with van der Waals surface area (Å²) in [6.45, 7) is 13.5. The Morgan fingerprint density at radius 1 is 1.00 bits per heavy atom. The van der Waals surface area contributed by atoms with Crippen LogP contribution >= 0.6 is 0 Å². The number of amides is 1. The largest absolute Gasteiger partial charge is 0.412 e. The van der Waals surface area contributed by atoms with Crippen molar-refractivity contribution in [3.05, 3.63) is 117 Å². The van der Waals surface area contributed by atoms with E-state index in [0.717, 1.165) is 27.8 Å². The number of carbonyl (C=O) groups is 1. The number of fused-ring (bicyclic) bond motifs is 1. The van der Waals surface area contributed by atoms with Gasteiger partial charge in [-0.2, -0.15) is 0 Å². The molecule has 4 heterocycles. The van der Waals surface area contributed by atoms with Gasteiger partial charge in [0, 0.05) is 55.2 Å². The third-order valence-corrected chi connectivity index (χ3v) is 15.3. The molecule has 0 radical (unpaired) electrons. The van der Waals surface area contributed by atoms with Crippen LogP contribution in [0.25, 0.3) is 27.6 Å². The third kappa shape index (κ3) is 7.13. The predicted molar refractivity (Wildman–Crippen MR) is 208 cm³/mol. The molecule has 1 saturated carbocycles. The molecule has 3 aromatic heterocycles. The maximum Gasteiger partial charge on any atom is 0.274 e.